The van der Waals surface area contributed by atoms with Gasteiger partial charge in [0.15, 0.2) is 0 Å². The standard InChI is InChI=1S/Cu.4Na.4H/q;4*+1;4*-1. The summed E-state index contributed by atoms with van der Waals surface area (Å²) < 4.78 is 0. The van der Waals surface area contributed by atoms with Crippen LogP contribution in [-0.2, 0) is 17.1 Å². The van der Waals surface area contributed by atoms with Gasteiger partial charge in [-0.2, -0.15) is 0 Å². The number of rotatable bonds is 0. The van der Waals surface area contributed by atoms with Gasteiger partial charge in [-0.1, -0.05) is 0 Å². The van der Waals surface area contributed by atoms with E-state index in [9.17, 15) is 0 Å². The van der Waals surface area contributed by atoms with E-state index >= 15 is 0 Å². The summed E-state index contributed by atoms with van der Waals surface area (Å²) in [7, 11) is 0. The first kappa shape index (κ1) is 33.8. The molecule has 5 heavy (non-hydrogen) atoms. The zero-order chi connectivity index (χ0) is 0. The van der Waals surface area contributed by atoms with Crippen LogP contribution in [-0.4, -0.2) is 0 Å². The average Bonchev–Trinajstić information content (AvgIpc) is 0. The zero-order valence-electron chi connectivity index (χ0n) is 8.30. The Morgan fingerprint density at radius 3 is 0.600 bits per heavy atom. The molecule has 19 valence electrons. The van der Waals surface area contributed by atoms with Crippen LogP contribution in [0, 0.1) is 0 Å². The van der Waals surface area contributed by atoms with Crippen molar-refractivity contribution in [2.75, 3.05) is 0 Å². The first-order chi connectivity index (χ1) is 0. The Morgan fingerprint density at radius 2 is 0.600 bits per heavy atom. The SMILES string of the molecule is [Cu].[H-].[H-].[H-].[H-].[Na+].[Na+].[Na+].[Na+]. The first-order valence-corrected chi connectivity index (χ1v) is 0. The van der Waals surface area contributed by atoms with Crippen molar-refractivity contribution in [3.8, 4) is 0 Å². The van der Waals surface area contributed by atoms with Gasteiger partial charge in [0.2, 0.25) is 0 Å². The molecule has 0 aromatic carbocycles. The molecule has 1 radical (unpaired) electrons. The maximum Gasteiger partial charge on any atom is 1.00 e. The van der Waals surface area contributed by atoms with Gasteiger partial charge in [0, 0.05) is 17.1 Å². The van der Waals surface area contributed by atoms with Crippen molar-refractivity contribution in [3.63, 3.8) is 0 Å². The first-order valence-electron chi connectivity index (χ1n) is 0. The van der Waals surface area contributed by atoms with Crippen molar-refractivity contribution in [3.05, 3.63) is 0 Å². The fourth-order valence-electron chi connectivity index (χ4n) is 0. The molecule has 0 saturated heterocycles. The molecule has 0 aromatic heterocycles. The topological polar surface area (TPSA) is 0 Å². The predicted molar refractivity (Wildman–Crippen MR) is 4.45 cm³/mol. The van der Waals surface area contributed by atoms with E-state index in [1.54, 1.807) is 0 Å². The van der Waals surface area contributed by atoms with E-state index in [4.69, 9.17) is 0 Å². The summed E-state index contributed by atoms with van der Waals surface area (Å²) in [6.45, 7) is 0. The molecule has 0 aliphatic heterocycles. The summed E-state index contributed by atoms with van der Waals surface area (Å²) in [4.78, 5) is 0. The van der Waals surface area contributed by atoms with Crippen LogP contribution < -0.4 is 118 Å². The molecule has 0 fully saturated rings. The van der Waals surface area contributed by atoms with Crippen LogP contribution >= 0.6 is 0 Å². The molecule has 0 heterocycles. The van der Waals surface area contributed by atoms with E-state index in [2.05, 4.69) is 0 Å². The molecule has 0 aromatic rings. The molecule has 0 aliphatic carbocycles. The quantitative estimate of drug-likeness (QED) is 0.308. The van der Waals surface area contributed by atoms with Gasteiger partial charge in [0.05, 0.1) is 0 Å². The summed E-state index contributed by atoms with van der Waals surface area (Å²) in [5.74, 6) is 0. The van der Waals surface area contributed by atoms with Crippen molar-refractivity contribution in [1.29, 1.82) is 0 Å². The Bertz CT molecular complexity index is 12.5. The third-order valence-electron chi connectivity index (χ3n) is 0. The maximum atomic E-state index is 0. The molecule has 0 saturated carbocycles. The van der Waals surface area contributed by atoms with Gasteiger partial charge in [0.25, 0.3) is 0 Å². The van der Waals surface area contributed by atoms with Gasteiger partial charge >= 0.3 is 118 Å². The summed E-state index contributed by atoms with van der Waals surface area (Å²) in [6.07, 6.45) is 0. The maximum absolute atomic E-state index is 0. The van der Waals surface area contributed by atoms with Crippen molar-refractivity contribution >= 4 is 0 Å². The predicted octanol–water partition coefficient (Wildman–Crippen LogP) is -11.5. The molecule has 0 rings (SSSR count). The molecule has 0 nitrogen and oxygen atoms in total. The Morgan fingerprint density at radius 1 is 0.600 bits per heavy atom. The summed E-state index contributed by atoms with van der Waals surface area (Å²) in [5, 5.41) is 0. The number of hydrogen-bond donors (Lipinski definition) is 0. The van der Waals surface area contributed by atoms with Crippen LogP contribution in [0.15, 0.2) is 0 Å². The van der Waals surface area contributed by atoms with E-state index in [1.807, 2.05) is 0 Å². The fourth-order valence-corrected chi connectivity index (χ4v) is 0. The Labute approximate surface area is 138 Å². The van der Waals surface area contributed by atoms with Gasteiger partial charge in [-0.15, -0.1) is 0 Å². The van der Waals surface area contributed by atoms with Crippen molar-refractivity contribution in [2.24, 2.45) is 0 Å². The second-order valence-electron chi connectivity index (χ2n) is 0. The van der Waals surface area contributed by atoms with Crippen LogP contribution in [0.4, 0.5) is 0 Å². The van der Waals surface area contributed by atoms with Crippen molar-refractivity contribution in [2.45, 2.75) is 0 Å². The van der Waals surface area contributed by atoms with Gasteiger partial charge in [-0.3, -0.25) is 0 Å². The van der Waals surface area contributed by atoms with Crippen molar-refractivity contribution < 1.29 is 141 Å². The molecular weight excluding hydrogens is 156 g/mol. The van der Waals surface area contributed by atoms with Crippen LogP contribution in [0.2, 0.25) is 0 Å². The van der Waals surface area contributed by atoms with E-state index in [1.165, 1.54) is 0 Å². The monoisotopic (exact) mass is 159 g/mol. The molecule has 0 aliphatic rings. The molecule has 0 bridgehead atoms. The molecule has 5 heteroatoms. The van der Waals surface area contributed by atoms with E-state index < -0.39 is 0 Å². The Kier molecular flexibility index (Phi) is 160. The summed E-state index contributed by atoms with van der Waals surface area (Å²) in [5.41, 5.74) is 0. The number of hydrogen-bond acceptors (Lipinski definition) is 0. The third-order valence-corrected chi connectivity index (χ3v) is 0. The average molecular weight is 160 g/mol. The van der Waals surface area contributed by atoms with E-state index in [0.717, 1.165) is 0 Å². The van der Waals surface area contributed by atoms with Gasteiger partial charge < -0.3 is 5.71 Å². The zero-order valence-corrected chi connectivity index (χ0v) is 13.2. The smallest absolute Gasteiger partial charge is 1.00 e. The van der Waals surface area contributed by atoms with Gasteiger partial charge in [0.1, 0.15) is 0 Å². The fraction of sp³-hybridized carbons (Fsp3) is 0. The molecule has 0 atom stereocenters. The van der Waals surface area contributed by atoms with Gasteiger partial charge in [-0.25, -0.2) is 0 Å². The molecule has 0 spiro atoms. The van der Waals surface area contributed by atoms with E-state index in [0.29, 0.717) is 0 Å². The molecule has 0 N–H and O–H groups in total. The summed E-state index contributed by atoms with van der Waals surface area (Å²) in [6, 6.07) is 0. The molecular formula is H4CuNa4. The van der Waals surface area contributed by atoms with Crippen molar-refractivity contribution in [1.82, 2.24) is 0 Å². The third kappa shape index (κ3) is 17.7. The Hall–Kier alpha value is 4.52. The Balaban J connectivity index is 0. The van der Waals surface area contributed by atoms with Crippen LogP contribution in [0.3, 0.4) is 0 Å². The van der Waals surface area contributed by atoms with Crippen LogP contribution in [0.25, 0.3) is 0 Å². The second kappa shape index (κ2) is 23.6. The van der Waals surface area contributed by atoms with Gasteiger partial charge in [-0.05, 0) is 0 Å². The molecule has 0 amide bonds. The van der Waals surface area contributed by atoms with E-state index in [-0.39, 0.29) is 141 Å². The van der Waals surface area contributed by atoms with Crippen LogP contribution in [0.5, 0.6) is 0 Å². The minimum absolute atomic E-state index is 0. The largest absolute Gasteiger partial charge is 1.00 e. The van der Waals surface area contributed by atoms with Crippen LogP contribution in [0.1, 0.15) is 5.71 Å². The summed E-state index contributed by atoms with van der Waals surface area (Å²) >= 11 is 0. The normalized spacial score (nSPS) is 0. The second-order valence-corrected chi connectivity index (χ2v) is 0. The molecule has 0 unspecified atom stereocenters. The minimum Gasteiger partial charge on any atom is -1.00 e. The minimum atomic E-state index is 0.